The van der Waals surface area contributed by atoms with Crippen molar-refractivity contribution in [3.63, 3.8) is 0 Å². The second-order valence-electron chi connectivity index (χ2n) is 5.22. The van der Waals surface area contributed by atoms with Crippen LogP contribution in [-0.2, 0) is 0 Å². The van der Waals surface area contributed by atoms with Gasteiger partial charge < -0.3 is 5.32 Å². The van der Waals surface area contributed by atoms with Gasteiger partial charge in [-0.2, -0.15) is 0 Å². The summed E-state index contributed by atoms with van der Waals surface area (Å²) >= 11 is 0. The van der Waals surface area contributed by atoms with Crippen molar-refractivity contribution in [1.29, 1.82) is 0 Å². The number of hydrogen-bond donors (Lipinski definition) is 1. The lowest BCUT2D eigenvalue weighted by Crippen LogP contribution is -2.16. The third-order valence-electron chi connectivity index (χ3n) is 3.74. The van der Waals surface area contributed by atoms with E-state index in [4.69, 9.17) is 0 Å². The molecule has 0 aliphatic heterocycles. The predicted octanol–water partition coefficient (Wildman–Crippen LogP) is 4.74. The van der Waals surface area contributed by atoms with E-state index >= 15 is 0 Å². The van der Waals surface area contributed by atoms with Crippen LogP contribution >= 0.6 is 0 Å². The Bertz CT molecular complexity index is 371. The van der Waals surface area contributed by atoms with Gasteiger partial charge in [-0.3, -0.25) is 0 Å². The van der Waals surface area contributed by atoms with E-state index in [1.165, 1.54) is 57.1 Å². The van der Waals surface area contributed by atoms with Crippen molar-refractivity contribution in [2.75, 3.05) is 11.9 Å². The zero-order chi connectivity index (χ0) is 12.8. The quantitative estimate of drug-likeness (QED) is 0.820. The van der Waals surface area contributed by atoms with Gasteiger partial charge in [-0.15, -0.1) is 0 Å². The molecule has 0 atom stereocenters. The lowest BCUT2D eigenvalue weighted by molar-refractivity contribution is 0.392. The Morgan fingerprint density at radius 2 is 1.67 bits per heavy atom. The van der Waals surface area contributed by atoms with Crippen LogP contribution in [0.1, 0.15) is 44.9 Å². The molecular weight excluding hydrogens is 232 g/mol. The van der Waals surface area contributed by atoms with Crippen molar-refractivity contribution in [2.45, 2.75) is 44.9 Å². The highest BCUT2D eigenvalue weighted by Crippen LogP contribution is 2.23. The van der Waals surface area contributed by atoms with Crippen LogP contribution < -0.4 is 5.32 Å². The van der Waals surface area contributed by atoms with E-state index in [9.17, 15) is 8.78 Å². The molecule has 2 rings (SSSR count). The van der Waals surface area contributed by atoms with Crippen molar-refractivity contribution in [3.05, 3.63) is 29.8 Å². The van der Waals surface area contributed by atoms with E-state index in [1.807, 2.05) is 0 Å². The zero-order valence-corrected chi connectivity index (χ0v) is 10.7. The molecule has 0 aromatic heterocycles. The van der Waals surface area contributed by atoms with Crippen LogP contribution in [-0.4, -0.2) is 6.54 Å². The van der Waals surface area contributed by atoms with Crippen LogP contribution in [0.25, 0.3) is 0 Å². The molecule has 1 saturated carbocycles. The fourth-order valence-corrected chi connectivity index (χ4v) is 2.63. The molecule has 0 heterocycles. The highest BCUT2D eigenvalue weighted by molar-refractivity contribution is 5.44. The molecule has 0 bridgehead atoms. The molecule has 0 spiro atoms. The number of halogens is 2. The molecule has 100 valence electrons. The molecule has 0 unspecified atom stereocenters. The summed E-state index contributed by atoms with van der Waals surface area (Å²) in [6.07, 6.45) is 8.98. The molecule has 18 heavy (non-hydrogen) atoms. The first kappa shape index (κ1) is 13.3. The van der Waals surface area contributed by atoms with Crippen LogP contribution in [0.4, 0.5) is 14.5 Å². The van der Waals surface area contributed by atoms with Gasteiger partial charge in [0, 0.05) is 12.6 Å². The highest BCUT2D eigenvalue weighted by atomic mass is 19.1. The first-order valence-corrected chi connectivity index (χ1v) is 6.94. The molecule has 0 saturated heterocycles. The first-order valence-electron chi connectivity index (χ1n) is 6.94. The summed E-state index contributed by atoms with van der Waals surface area (Å²) < 4.78 is 26.2. The van der Waals surface area contributed by atoms with Crippen LogP contribution in [0.5, 0.6) is 0 Å². The summed E-state index contributed by atoms with van der Waals surface area (Å²) in [5.74, 6) is -0.403. The van der Waals surface area contributed by atoms with Gasteiger partial charge in [0.1, 0.15) is 11.6 Å². The molecule has 3 heteroatoms. The zero-order valence-electron chi connectivity index (χ0n) is 10.7. The van der Waals surface area contributed by atoms with Gasteiger partial charge in [0.2, 0.25) is 0 Å². The molecule has 0 amide bonds. The molecule has 1 nitrogen and oxygen atoms in total. The Balaban J connectivity index is 1.85. The van der Waals surface area contributed by atoms with E-state index in [-0.39, 0.29) is 0 Å². The fraction of sp³-hybridized carbons (Fsp3) is 0.600. The molecule has 1 aliphatic carbocycles. The van der Waals surface area contributed by atoms with E-state index in [0.29, 0.717) is 11.6 Å². The Morgan fingerprint density at radius 1 is 1.00 bits per heavy atom. The summed E-state index contributed by atoms with van der Waals surface area (Å²) in [6.45, 7) is 0.794. The first-order chi connectivity index (χ1) is 8.75. The molecule has 1 fully saturated rings. The Hall–Kier alpha value is -1.12. The summed E-state index contributed by atoms with van der Waals surface area (Å²) in [7, 11) is 0. The molecular formula is C15H21F2N. The second kappa shape index (κ2) is 6.72. The lowest BCUT2D eigenvalue weighted by atomic mass is 9.91. The Morgan fingerprint density at radius 3 is 2.33 bits per heavy atom. The summed E-state index contributed by atoms with van der Waals surface area (Å²) in [5.41, 5.74) is 0.415. The molecule has 0 radical (unpaired) electrons. The number of benzene rings is 1. The highest BCUT2D eigenvalue weighted by Gasteiger charge is 2.12. The molecule has 1 aromatic rings. The van der Waals surface area contributed by atoms with Crippen molar-refractivity contribution in [2.24, 2.45) is 5.92 Å². The smallest absolute Gasteiger partial charge is 0.149 e. The average molecular weight is 253 g/mol. The van der Waals surface area contributed by atoms with Gasteiger partial charge in [0.05, 0.1) is 5.69 Å². The van der Waals surface area contributed by atoms with Crippen LogP contribution in [0.3, 0.4) is 0 Å². The van der Waals surface area contributed by atoms with Gasteiger partial charge in [0.15, 0.2) is 0 Å². The van der Waals surface area contributed by atoms with Gasteiger partial charge in [-0.1, -0.05) is 32.1 Å². The number of rotatable bonds is 3. The van der Waals surface area contributed by atoms with Crippen molar-refractivity contribution >= 4 is 5.69 Å². The molecule has 1 aliphatic rings. The summed E-state index contributed by atoms with van der Waals surface area (Å²) in [5, 5.41) is 3.12. The second-order valence-corrected chi connectivity index (χ2v) is 5.22. The van der Waals surface area contributed by atoms with Gasteiger partial charge >= 0.3 is 0 Å². The lowest BCUT2D eigenvalue weighted by Gasteiger charge is -2.20. The van der Waals surface area contributed by atoms with Gasteiger partial charge in [0.25, 0.3) is 0 Å². The largest absolute Gasteiger partial charge is 0.382 e. The number of hydrogen-bond acceptors (Lipinski definition) is 1. The maximum atomic E-state index is 13.4. The third-order valence-corrected chi connectivity index (χ3v) is 3.74. The predicted molar refractivity (Wildman–Crippen MR) is 70.7 cm³/mol. The SMILES string of the molecule is Fc1ccc(NCC2CCCCCCC2)c(F)c1. The minimum Gasteiger partial charge on any atom is -0.382 e. The Kier molecular flexibility index (Phi) is 4.97. The fourth-order valence-electron chi connectivity index (χ4n) is 2.63. The van der Waals surface area contributed by atoms with Crippen LogP contribution in [0, 0.1) is 17.6 Å². The Labute approximate surface area is 108 Å². The topological polar surface area (TPSA) is 12.0 Å². The monoisotopic (exact) mass is 253 g/mol. The molecule has 1 aromatic carbocycles. The minimum atomic E-state index is -0.524. The summed E-state index contributed by atoms with van der Waals surface area (Å²) in [6, 6.07) is 3.71. The standard InChI is InChI=1S/C15H21F2N/c16-13-8-9-15(14(17)10-13)18-11-12-6-4-2-1-3-5-7-12/h8-10,12,18H,1-7,11H2. The minimum absolute atomic E-state index is 0.415. The van der Waals surface area contributed by atoms with E-state index in [2.05, 4.69) is 5.32 Å². The molecule has 1 N–H and O–H groups in total. The third kappa shape index (κ3) is 3.97. The van der Waals surface area contributed by atoms with Crippen molar-refractivity contribution in [3.8, 4) is 0 Å². The number of nitrogens with one attached hydrogen (secondary N) is 1. The van der Waals surface area contributed by atoms with E-state index in [1.54, 1.807) is 0 Å². The van der Waals surface area contributed by atoms with Crippen LogP contribution in [0.2, 0.25) is 0 Å². The maximum absolute atomic E-state index is 13.4. The maximum Gasteiger partial charge on any atom is 0.149 e. The van der Waals surface area contributed by atoms with Gasteiger partial charge in [-0.05, 0) is 30.9 Å². The van der Waals surface area contributed by atoms with Crippen molar-refractivity contribution in [1.82, 2.24) is 0 Å². The summed E-state index contributed by atoms with van der Waals surface area (Å²) in [4.78, 5) is 0. The van der Waals surface area contributed by atoms with E-state index in [0.717, 1.165) is 12.6 Å². The van der Waals surface area contributed by atoms with E-state index < -0.39 is 11.6 Å². The average Bonchev–Trinajstić information content (AvgIpc) is 2.29. The normalized spacial score (nSPS) is 18.1. The number of anilines is 1. The van der Waals surface area contributed by atoms with Gasteiger partial charge in [-0.25, -0.2) is 8.78 Å². The van der Waals surface area contributed by atoms with Crippen molar-refractivity contribution < 1.29 is 8.78 Å². The van der Waals surface area contributed by atoms with Crippen LogP contribution in [0.15, 0.2) is 18.2 Å².